The molecule has 10 nitrogen and oxygen atoms in total. The average Bonchev–Trinajstić information content (AvgIpc) is 4.18. The van der Waals surface area contributed by atoms with E-state index in [2.05, 4.69) is 0 Å². The minimum absolute atomic E-state index is 0.147. The van der Waals surface area contributed by atoms with Gasteiger partial charge in [-0.25, -0.2) is 16.8 Å². The quantitative estimate of drug-likeness (QED) is 0.169. The van der Waals surface area contributed by atoms with Gasteiger partial charge in [-0.3, -0.25) is 0 Å². The molecule has 1 unspecified atom stereocenters. The van der Waals surface area contributed by atoms with E-state index >= 15 is 0 Å². The van der Waals surface area contributed by atoms with Crippen LogP contribution in [0.1, 0.15) is 36.8 Å². The van der Waals surface area contributed by atoms with Gasteiger partial charge in [0.1, 0.15) is 0 Å². The molecular weight excluding hydrogens is 835 g/mol. The Kier molecular flexibility index (Phi) is 12.1. The van der Waals surface area contributed by atoms with Gasteiger partial charge >= 0.3 is 12.4 Å². The number of benzene rings is 4. The second kappa shape index (κ2) is 16.6. The Bertz CT molecular complexity index is 2130. The SMILES string of the molecule is O=S(=O)(c1ccccc1)N1CCN(c2ccc(C(O)(C3CC3)C(F)(F)F)cc2)CC1.O=S(=O)(c1ccccc1)N1CCN(c2ccc([C@@](O)(C3CC3)C(F)(F)F)cc2)CC1. The van der Waals surface area contributed by atoms with Crippen LogP contribution in [0.5, 0.6) is 0 Å². The maximum absolute atomic E-state index is 13.5. The summed E-state index contributed by atoms with van der Waals surface area (Å²) in [5.74, 6) is -1.59. The number of anilines is 2. The molecule has 2 saturated carbocycles. The summed E-state index contributed by atoms with van der Waals surface area (Å²) in [5.41, 5.74) is -4.51. The van der Waals surface area contributed by atoms with E-state index in [1.807, 2.05) is 9.80 Å². The lowest BCUT2D eigenvalue weighted by Gasteiger charge is -2.36. The number of hydrogen-bond acceptors (Lipinski definition) is 8. The summed E-state index contributed by atoms with van der Waals surface area (Å²) in [6.45, 7) is 2.85. The Morgan fingerprint density at radius 3 is 0.967 bits per heavy atom. The summed E-state index contributed by atoms with van der Waals surface area (Å²) < 4.78 is 135. The molecule has 0 bridgehead atoms. The lowest BCUT2D eigenvalue weighted by Crippen LogP contribution is -2.48. The van der Waals surface area contributed by atoms with Crippen molar-refractivity contribution in [1.29, 1.82) is 0 Å². The standard InChI is InChI=1S/2C21H23F3N2O3S/c2*22-21(23,24)20(27,16-6-7-16)17-8-10-18(11-9-17)25-12-14-26(15-13-25)30(28,29)19-4-2-1-3-5-19/h2*1-5,8-11,16,27H,6-7,12-15H2/t20-;/m0./s1. The molecule has 0 radical (unpaired) electrons. The molecule has 4 aliphatic rings. The molecule has 2 heterocycles. The fourth-order valence-electron chi connectivity index (χ4n) is 7.97. The smallest absolute Gasteiger partial charge is 0.376 e. The van der Waals surface area contributed by atoms with Crippen molar-refractivity contribution in [2.24, 2.45) is 11.8 Å². The van der Waals surface area contributed by atoms with Gasteiger partial charge in [-0.05, 0) is 85.3 Å². The zero-order valence-corrected chi connectivity index (χ0v) is 34.1. The van der Waals surface area contributed by atoms with Crippen LogP contribution in [0.2, 0.25) is 0 Å². The predicted octanol–water partition coefficient (Wildman–Crippen LogP) is 6.71. The topological polar surface area (TPSA) is 122 Å². The molecule has 2 atom stereocenters. The molecule has 2 N–H and O–H groups in total. The van der Waals surface area contributed by atoms with Crippen LogP contribution in [-0.4, -0.2) is 100 Å². The van der Waals surface area contributed by atoms with E-state index in [1.54, 1.807) is 84.9 Å². The van der Waals surface area contributed by atoms with Gasteiger partial charge in [0.15, 0.2) is 11.2 Å². The van der Waals surface area contributed by atoms with Gasteiger partial charge in [0.05, 0.1) is 9.79 Å². The first-order valence-corrected chi connectivity index (χ1v) is 22.6. The molecule has 2 aliphatic heterocycles. The number of aliphatic hydroxyl groups is 2. The second-order valence-electron chi connectivity index (χ2n) is 15.6. The van der Waals surface area contributed by atoms with E-state index in [4.69, 9.17) is 0 Å². The average molecular weight is 881 g/mol. The lowest BCUT2D eigenvalue weighted by atomic mass is 9.88. The molecule has 0 amide bonds. The molecule has 324 valence electrons. The molecule has 0 aromatic heterocycles. The van der Waals surface area contributed by atoms with Crippen molar-refractivity contribution in [3.8, 4) is 0 Å². The molecule has 4 aromatic carbocycles. The first kappa shape index (κ1) is 43.9. The third kappa shape index (κ3) is 8.63. The first-order chi connectivity index (χ1) is 28.3. The van der Waals surface area contributed by atoms with E-state index in [1.165, 1.54) is 32.9 Å². The van der Waals surface area contributed by atoms with Crippen LogP contribution in [0.3, 0.4) is 0 Å². The van der Waals surface area contributed by atoms with Crippen LogP contribution in [0, 0.1) is 11.8 Å². The van der Waals surface area contributed by atoms with Crippen LogP contribution >= 0.6 is 0 Å². The zero-order valence-electron chi connectivity index (χ0n) is 32.4. The fourth-order valence-corrected chi connectivity index (χ4v) is 10.9. The highest BCUT2D eigenvalue weighted by Crippen LogP contribution is 2.55. The highest BCUT2D eigenvalue weighted by Gasteiger charge is 2.63. The van der Waals surface area contributed by atoms with E-state index in [9.17, 15) is 53.4 Å². The summed E-state index contributed by atoms with van der Waals surface area (Å²) in [6, 6.07) is 28.0. The van der Waals surface area contributed by atoms with Gasteiger partial charge < -0.3 is 20.0 Å². The minimum Gasteiger partial charge on any atom is -0.376 e. The van der Waals surface area contributed by atoms with Gasteiger partial charge in [-0.15, -0.1) is 0 Å². The Morgan fingerprint density at radius 1 is 0.433 bits per heavy atom. The van der Waals surface area contributed by atoms with Crippen LogP contribution in [0.25, 0.3) is 0 Å². The van der Waals surface area contributed by atoms with Crippen molar-refractivity contribution in [3.05, 3.63) is 120 Å². The van der Waals surface area contributed by atoms with Crippen LogP contribution in [-0.2, 0) is 31.2 Å². The molecule has 8 rings (SSSR count). The highest BCUT2D eigenvalue weighted by atomic mass is 32.2. The monoisotopic (exact) mass is 880 g/mol. The van der Waals surface area contributed by atoms with Crippen LogP contribution in [0.15, 0.2) is 119 Å². The van der Waals surface area contributed by atoms with Crippen molar-refractivity contribution in [3.63, 3.8) is 0 Å². The molecule has 18 heteroatoms. The van der Waals surface area contributed by atoms with Gasteiger partial charge in [0, 0.05) is 75.6 Å². The number of piperazine rings is 2. The zero-order chi connectivity index (χ0) is 43.1. The normalized spacial score (nSPS) is 20.7. The van der Waals surface area contributed by atoms with Crippen molar-refractivity contribution in [2.45, 2.75) is 59.0 Å². The van der Waals surface area contributed by atoms with E-state index in [0.29, 0.717) is 63.2 Å². The number of nitrogens with zero attached hydrogens (tertiary/aromatic N) is 4. The number of alkyl halides is 6. The Balaban J connectivity index is 0.000000181. The number of sulfonamides is 2. The van der Waals surface area contributed by atoms with Gasteiger partial charge in [0.2, 0.25) is 20.0 Å². The summed E-state index contributed by atoms with van der Waals surface area (Å²) >= 11 is 0. The Hall–Kier alpha value is -4.20. The Labute approximate surface area is 345 Å². The fraction of sp³-hybridized carbons (Fsp3) is 0.429. The van der Waals surface area contributed by atoms with E-state index in [0.717, 1.165) is 0 Å². The van der Waals surface area contributed by atoms with Gasteiger partial charge in [-0.1, -0.05) is 60.7 Å². The van der Waals surface area contributed by atoms with Gasteiger partial charge in [-0.2, -0.15) is 35.0 Å². The predicted molar refractivity (Wildman–Crippen MR) is 213 cm³/mol. The molecule has 2 saturated heterocycles. The van der Waals surface area contributed by atoms with Crippen molar-refractivity contribution in [1.82, 2.24) is 8.61 Å². The van der Waals surface area contributed by atoms with E-state index < -0.39 is 55.4 Å². The number of hydrogen-bond donors (Lipinski definition) is 2. The maximum atomic E-state index is 13.5. The molecule has 60 heavy (non-hydrogen) atoms. The van der Waals surface area contributed by atoms with Crippen molar-refractivity contribution in [2.75, 3.05) is 62.2 Å². The van der Waals surface area contributed by atoms with Crippen molar-refractivity contribution >= 4 is 31.4 Å². The minimum atomic E-state index is -4.73. The number of rotatable bonds is 10. The third-order valence-corrected chi connectivity index (χ3v) is 15.6. The largest absolute Gasteiger partial charge is 0.421 e. The van der Waals surface area contributed by atoms with Crippen LogP contribution < -0.4 is 9.80 Å². The second-order valence-corrected chi connectivity index (χ2v) is 19.5. The lowest BCUT2D eigenvalue weighted by molar-refractivity contribution is -0.275. The summed E-state index contributed by atoms with van der Waals surface area (Å²) in [5, 5.41) is 20.8. The molecule has 0 spiro atoms. The molecule has 2 aliphatic carbocycles. The third-order valence-electron chi connectivity index (χ3n) is 11.8. The summed E-state index contributed by atoms with van der Waals surface area (Å²) in [6.07, 6.45) is -8.03. The van der Waals surface area contributed by atoms with Crippen LogP contribution in [0.4, 0.5) is 37.7 Å². The maximum Gasteiger partial charge on any atom is 0.421 e. The number of halogens is 6. The molecule has 4 fully saturated rings. The van der Waals surface area contributed by atoms with E-state index in [-0.39, 0.29) is 47.1 Å². The molecule has 4 aromatic rings. The molecular formula is C42H46F6N4O6S2. The summed E-state index contributed by atoms with van der Waals surface area (Å²) in [7, 11) is -7.13. The van der Waals surface area contributed by atoms with Crippen molar-refractivity contribution < 1.29 is 53.4 Å². The summed E-state index contributed by atoms with van der Waals surface area (Å²) in [4.78, 5) is 4.36. The Morgan fingerprint density at radius 2 is 0.717 bits per heavy atom. The highest BCUT2D eigenvalue weighted by molar-refractivity contribution is 7.89. The first-order valence-electron chi connectivity index (χ1n) is 19.7. The van der Waals surface area contributed by atoms with Gasteiger partial charge in [0.25, 0.3) is 0 Å².